The highest BCUT2D eigenvalue weighted by atomic mass is 32.2. The molecule has 5 rings (SSSR count). The molecule has 6 nitrogen and oxygen atoms in total. The predicted octanol–water partition coefficient (Wildman–Crippen LogP) is 5.59. The normalized spacial score (nSPS) is 20.9. The number of carboxylic acids is 1. The Morgan fingerprint density at radius 1 is 1.08 bits per heavy atom. The average Bonchev–Trinajstić information content (AvgIpc) is 3.25. The number of aromatic carboxylic acids is 1. The second-order valence-corrected chi connectivity index (χ2v) is 10.6. The van der Waals surface area contributed by atoms with Crippen LogP contribution in [0, 0.1) is 12.7 Å². The molecule has 0 saturated carbocycles. The highest BCUT2D eigenvalue weighted by Crippen LogP contribution is 2.43. The van der Waals surface area contributed by atoms with Crippen LogP contribution in [0.25, 0.3) is 11.1 Å². The molecule has 3 aromatic rings. The van der Waals surface area contributed by atoms with Gasteiger partial charge < -0.3 is 15.2 Å². The van der Waals surface area contributed by atoms with E-state index < -0.39 is 11.8 Å². The second-order valence-electron chi connectivity index (χ2n) is 9.46. The topological polar surface area (TPSA) is 75.6 Å². The van der Waals surface area contributed by atoms with Gasteiger partial charge in [-0.3, -0.25) is 0 Å². The molecule has 0 aromatic heterocycles. The summed E-state index contributed by atoms with van der Waals surface area (Å²) in [4.78, 5) is 25.8. The Morgan fingerprint density at radius 2 is 1.83 bits per heavy atom. The number of fused-ring (bicyclic) bond motifs is 1. The van der Waals surface area contributed by atoms with Crippen LogP contribution in [0.1, 0.15) is 39.3 Å². The number of nitrogens with zero attached hydrogens (tertiary/aromatic N) is 1. The minimum absolute atomic E-state index is 0.00692. The molecule has 1 amide bonds. The number of aryl methyl sites for hydroxylation is 1. The number of likely N-dealkylation sites (N-methyl/N-ethyl adjacent to an activating group) is 1. The number of halogens is 1. The van der Waals surface area contributed by atoms with E-state index in [1.54, 1.807) is 18.2 Å². The van der Waals surface area contributed by atoms with Crippen molar-refractivity contribution in [3.63, 3.8) is 0 Å². The monoisotopic (exact) mass is 505 g/mol. The van der Waals surface area contributed by atoms with Gasteiger partial charge in [0.25, 0.3) is 0 Å². The van der Waals surface area contributed by atoms with Crippen molar-refractivity contribution in [2.75, 3.05) is 13.8 Å². The van der Waals surface area contributed by atoms with Gasteiger partial charge in [0, 0.05) is 16.8 Å². The highest BCUT2D eigenvalue weighted by molar-refractivity contribution is 8.04. The quantitative estimate of drug-likeness (QED) is 0.451. The number of benzene rings is 3. The fourth-order valence-corrected chi connectivity index (χ4v) is 5.82. The third kappa shape index (κ3) is 4.38. The first-order chi connectivity index (χ1) is 17.1. The summed E-state index contributed by atoms with van der Waals surface area (Å²) in [6.07, 6.45) is 0. The molecule has 2 heterocycles. The summed E-state index contributed by atoms with van der Waals surface area (Å²) in [5.41, 5.74) is 4.61. The molecule has 0 bridgehead atoms. The van der Waals surface area contributed by atoms with Crippen molar-refractivity contribution >= 4 is 23.6 Å². The highest BCUT2D eigenvalue weighted by Gasteiger charge is 2.43. The Bertz CT molecular complexity index is 1420. The number of carbonyl (C=O) groups is 2. The maximum atomic E-state index is 14.6. The second kappa shape index (κ2) is 9.11. The van der Waals surface area contributed by atoms with Crippen molar-refractivity contribution in [2.45, 2.75) is 25.8 Å². The van der Waals surface area contributed by atoms with Gasteiger partial charge in [0.2, 0.25) is 6.73 Å². The summed E-state index contributed by atoms with van der Waals surface area (Å²) in [5.74, 6) is -1.05. The smallest absolute Gasteiger partial charge is 0.356 e. The number of thioether (sulfide) groups is 1. The van der Waals surface area contributed by atoms with Gasteiger partial charge in [-0.2, -0.15) is 0 Å². The van der Waals surface area contributed by atoms with E-state index in [0.717, 1.165) is 22.9 Å². The molecule has 2 unspecified atom stereocenters. The molecular formula is C28H26FN2O4S+. The minimum Gasteiger partial charge on any atom is -0.478 e. The summed E-state index contributed by atoms with van der Waals surface area (Å²) >= 11 is 1.51. The third-order valence-electron chi connectivity index (χ3n) is 6.60. The standard InChI is InChI=1S/C28H25FN2O4S/c1-16-4-6-18(7-5-16)26-30-17(2)25(36-26)27(32)31(3)14-21-12-19(9-11-24(21)35-15-31)22-13-20(28(33)34)8-10-23(22)29/h4-13,26H,14-15H2,1-3H3,(H-,30,32,33,34)/p+1. The number of hydrogen-bond donors (Lipinski definition) is 2. The lowest BCUT2D eigenvalue weighted by Crippen LogP contribution is -2.53. The number of allylic oxidation sites excluding steroid dienone is 1. The fourth-order valence-electron chi connectivity index (χ4n) is 4.50. The van der Waals surface area contributed by atoms with Crippen LogP contribution >= 0.6 is 11.8 Å². The van der Waals surface area contributed by atoms with E-state index in [0.29, 0.717) is 22.8 Å². The molecule has 2 aliphatic heterocycles. The Hall–Kier alpha value is -3.62. The molecule has 8 heteroatoms. The average molecular weight is 506 g/mol. The zero-order valence-electron chi connectivity index (χ0n) is 20.2. The molecule has 0 aliphatic carbocycles. The zero-order valence-corrected chi connectivity index (χ0v) is 21.0. The van der Waals surface area contributed by atoms with Crippen LogP contribution in [0.15, 0.2) is 71.3 Å². The van der Waals surface area contributed by atoms with Gasteiger partial charge in [-0.1, -0.05) is 47.7 Å². The number of ether oxygens (including phenoxy) is 1. The number of quaternary nitrogens is 1. The van der Waals surface area contributed by atoms with Crippen LogP contribution in [0.2, 0.25) is 0 Å². The summed E-state index contributed by atoms with van der Waals surface area (Å²) in [7, 11) is 1.84. The number of carbonyl (C=O) groups excluding carboxylic acids is 1. The number of rotatable bonds is 4. The van der Waals surface area contributed by atoms with Gasteiger partial charge in [-0.05, 0) is 55.3 Å². The molecule has 0 fully saturated rings. The Balaban J connectivity index is 1.40. The van der Waals surface area contributed by atoms with E-state index in [1.165, 1.54) is 29.5 Å². The Labute approximate surface area is 213 Å². The van der Waals surface area contributed by atoms with E-state index in [2.05, 4.69) is 29.6 Å². The number of hydrogen-bond acceptors (Lipinski definition) is 5. The van der Waals surface area contributed by atoms with Crippen molar-refractivity contribution in [3.8, 4) is 16.9 Å². The molecule has 36 heavy (non-hydrogen) atoms. The van der Waals surface area contributed by atoms with E-state index in [1.807, 2.05) is 20.9 Å². The van der Waals surface area contributed by atoms with Crippen molar-refractivity contribution in [3.05, 3.63) is 99.3 Å². The first-order valence-electron chi connectivity index (χ1n) is 11.5. The van der Waals surface area contributed by atoms with Crippen LogP contribution in [-0.4, -0.2) is 35.2 Å². The number of carboxylic acid groups (broad SMARTS) is 1. The van der Waals surface area contributed by atoms with Crippen molar-refractivity contribution in [1.82, 2.24) is 5.32 Å². The first kappa shape index (κ1) is 24.1. The van der Waals surface area contributed by atoms with Gasteiger partial charge >= 0.3 is 11.9 Å². The van der Waals surface area contributed by atoms with Crippen LogP contribution in [-0.2, 0) is 11.3 Å². The van der Waals surface area contributed by atoms with Gasteiger partial charge in [-0.15, -0.1) is 0 Å². The van der Waals surface area contributed by atoms with Gasteiger partial charge in [0.15, 0.2) is 0 Å². The molecule has 3 aromatic carbocycles. The lowest BCUT2D eigenvalue weighted by atomic mass is 9.99. The van der Waals surface area contributed by atoms with E-state index in [9.17, 15) is 19.1 Å². The lowest BCUT2D eigenvalue weighted by Gasteiger charge is -2.35. The van der Waals surface area contributed by atoms with Crippen molar-refractivity contribution in [2.24, 2.45) is 0 Å². The molecule has 2 atom stereocenters. The van der Waals surface area contributed by atoms with Crippen molar-refractivity contribution in [1.29, 1.82) is 0 Å². The van der Waals surface area contributed by atoms with Gasteiger partial charge in [0.05, 0.1) is 12.6 Å². The molecule has 2 aliphatic rings. The molecule has 184 valence electrons. The maximum absolute atomic E-state index is 14.6. The Kier molecular flexibility index (Phi) is 6.10. The molecule has 2 N–H and O–H groups in total. The molecule has 0 saturated heterocycles. The van der Waals surface area contributed by atoms with E-state index >= 15 is 0 Å². The third-order valence-corrected chi connectivity index (χ3v) is 7.94. The molecule has 0 spiro atoms. The molecule has 0 radical (unpaired) electrons. The van der Waals surface area contributed by atoms with Gasteiger partial charge in [-0.25, -0.2) is 18.5 Å². The van der Waals surface area contributed by atoms with Crippen LogP contribution in [0.4, 0.5) is 4.39 Å². The SMILES string of the molecule is CC1=C(C(=O)[N+]2(C)COc3ccc(-c4cc(C(=O)O)ccc4F)cc3C2)SC(c2ccc(C)cc2)N1. The van der Waals surface area contributed by atoms with E-state index in [4.69, 9.17) is 4.74 Å². The summed E-state index contributed by atoms with van der Waals surface area (Å²) < 4.78 is 20.6. The van der Waals surface area contributed by atoms with Crippen molar-refractivity contribution < 1.29 is 28.3 Å². The van der Waals surface area contributed by atoms with E-state index in [-0.39, 0.29) is 33.6 Å². The van der Waals surface area contributed by atoms with Crippen LogP contribution in [0.5, 0.6) is 5.75 Å². The first-order valence-corrected chi connectivity index (χ1v) is 12.4. The lowest BCUT2D eigenvalue weighted by molar-refractivity contribution is -0.866. The minimum atomic E-state index is -1.12. The summed E-state index contributed by atoms with van der Waals surface area (Å²) in [6.45, 7) is 4.50. The number of amides is 1. The fraction of sp³-hybridized carbons (Fsp3) is 0.214. The van der Waals surface area contributed by atoms with Crippen LogP contribution < -0.4 is 10.1 Å². The maximum Gasteiger partial charge on any atom is 0.356 e. The largest absolute Gasteiger partial charge is 0.478 e. The molecular weight excluding hydrogens is 479 g/mol. The zero-order chi connectivity index (χ0) is 25.6. The van der Waals surface area contributed by atoms with Crippen LogP contribution in [0.3, 0.4) is 0 Å². The number of nitrogens with one attached hydrogen (secondary N) is 1. The summed E-state index contributed by atoms with van der Waals surface area (Å²) in [5, 5.41) is 12.7. The van der Waals surface area contributed by atoms with Gasteiger partial charge in [0.1, 0.15) is 28.4 Å². The predicted molar refractivity (Wildman–Crippen MR) is 137 cm³/mol. The Morgan fingerprint density at radius 3 is 2.56 bits per heavy atom. The summed E-state index contributed by atoms with van der Waals surface area (Å²) in [6, 6.07) is 17.2.